The lowest BCUT2D eigenvalue weighted by Gasteiger charge is -2.15. The number of hydrogen-bond acceptors (Lipinski definition) is 4. The van der Waals surface area contributed by atoms with Gasteiger partial charge < -0.3 is 10.6 Å². The van der Waals surface area contributed by atoms with E-state index in [4.69, 9.17) is 0 Å². The largest absolute Gasteiger partial charge is 0.349 e. The van der Waals surface area contributed by atoms with Crippen LogP contribution in [0, 0.1) is 6.92 Å². The Balaban J connectivity index is 2.33. The van der Waals surface area contributed by atoms with Crippen molar-refractivity contribution < 1.29 is 4.79 Å². The van der Waals surface area contributed by atoms with Crippen LogP contribution in [0.25, 0.3) is 0 Å². The van der Waals surface area contributed by atoms with E-state index in [1.165, 1.54) is 19.3 Å². The van der Waals surface area contributed by atoms with Crippen molar-refractivity contribution in [2.75, 3.05) is 7.05 Å². The molecule has 1 unspecified atom stereocenters. The molecule has 2 N–H and O–H groups in total. The molecular formula is C15H26N4O. The lowest BCUT2D eigenvalue weighted by molar-refractivity contribution is -0.123. The summed E-state index contributed by atoms with van der Waals surface area (Å²) in [5.41, 5.74) is 1.66. The van der Waals surface area contributed by atoms with Crippen molar-refractivity contribution in [2.24, 2.45) is 0 Å². The molecule has 0 radical (unpaired) electrons. The third-order valence-corrected chi connectivity index (χ3v) is 3.29. The van der Waals surface area contributed by atoms with Gasteiger partial charge in [-0.3, -0.25) is 14.8 Å². The fourth-order valence-electron chi connectivity index (χ4n) is 1.99. The maximum atomic E-state index is 12.1. The van der Waals surface area contributed by atoms with Crippen LogP contribution in [0.1, 0.15) is 50.4 Å². The maximum Gasteiger partial charge on any atom is 0.237 e. The standard InChI is InChI=1S/C15H26N4O/c1-4-5-6-7-8-14(16-3)15(20)19-11-13-10-17-12(2)9-18-13/h9-10,14,16H,4-8,11H2,1-3H3,(H,19,20). The molecule has 1 amide bonds. The molecule has 1 aromatic rings. The van der Waals surface area contributed by atoms with E-state index in [1.54, 1.807) is 12.4 Å². The zero-order chi connectivity index (χ0) is 14.8. The van der Waals surface area contributed by atoms with Gasteiger partial charge in [-0.25, -0.2) is 0 Å². The predicted molar refractivity (Wildman–Crippen MR) is 80.2 cm³/mol. The van der Waals surface area contributed by atoms with Crippen molar-refractivity contribution in [3.05, 3.63) is 23.8 Å². The number of nitrogens with zero attached hydrogens (tertiary/aromatic N) is 2. The first-order valence-electron chi connectivity index (χ1n) is 7.39. The average Bonchev–Trinajstić information content (AvgIpc) is 2.46. The van der Waals surface area contributed by atoms with E-state index < -0.39 is 0 Å². The molecule has 1 atom stereocenters. The van der Waals surface area contributed by atoms with E-state index in [1.807, 2.05) is 14.0 Å². The van der Waals surface area contributed by atoms with Gasteiger partial charge in [0.05, 0.1) is 30.2 Å². The second-order valence-corrected chi connectivity index (χ2v) is 5.06. The Morgan fingerprint density at radius 1 is 1.25 bits per heavy atom. The predicted octanol–water partition coefficient (Wildman–Crippen LogP) is 1.96. The molecule has 112 valence electrons. The van der Waals surface area contributed by atoms with Gasteiger partial charge in [-0.15, -0.1) is 0 Å². The van der Waals surface area contributed by atoms with Crippen molar-refractivity contribution >= 4 is 5.91 Å². The molecule has 0 aliphatic rings. The number of amides is 1. The van der Waals surface area contributed by atoms with Crippen LogP contribution in [0.5, 0.6) is 0 Å². The SMILES string of the molecule is CCCCCCC(NC)C(=O)NCc1cnc(C)cn1. The Morgan fingerprint density at radius 2 is 2.05 bits per heavy atom. The van der Waals surface area contributed by atoms with Crippen molar-refractivity contribution in [1.29, 1.82) is 0 Å². The molecular weight excluding hydrogens is 252 g/mol. The Bertz CT molecular complexity index is 391. The van der Waals surface area contributed by atoms with Crippen LogP contribution in [0.2, 0.25) is 0 Å². The highest BCUT2D eigenvalue weighted by Gasteiger charge is 2.15. The normalized spacial score (nSPS) is 12.2. The average molecular weight is 278 g/mol. The Morgan fingerprint density at radius 3 is 2.65 bits per heavy atom. The number of aryl methyl sites for hydroxylation is 1. The van der Waals surface area contributed by atoms with E-state index in [0.717, 1.165) is 24.2 Å². The molecule has 0 saturated carbocycles. The molecule has 0 aromatic carbocycles. The molecule has 0 aliphatic carbocycles. The summed E-state index contributed by atoms with van der Waals surface area (Å²) >= 11 is 0. The molecule has 0 saturated heterocycles. The summed E-state index contributed by atoms with van der Waals surface area (Å²) in [7, 11) is 1.83. The number of likely N-dealkylation sites (N-methyl/N-ethyl adjacent to an activating group) is 1. The van der Waals surface area contributed by atoms with Crippen LogP contribution in [0.3, 0.4) is 0 Å². The van der Waals surface area contributed by atoms with Crippen LogP contribution in [-0.2, 0) is 11.3 Å². The summed E-state index contributed by atoms with van der Waals surface area (Å²) in [4.78, 5) is 20.4. The van der Waals surface area contributed by atoms with E-state index >= 15 is 0 Å². The van der Waals surface area contributed by atoms with Crippen molar-refractivity contribution in [3.63, 3.8) is 0 Å². The van der Waals surface area contributed by atoms with Crippen LogP contribution in [0.4, 0.5) is 0 Å². The second kappa shape index (κ2) is 9.42. The molecule has 5 nitrogen and oxygen atoms in total. The van der Waals surface area contributed by atoms with E-state index in [9.17, 15) is 4.79 Å². The minimum atomic E-state index is -0.120. The van der Waals surface area contributed by atoms with Gasteiger partial charge in [0.2, 0.25) is 5.91 Å². The Hall–Kier alpha value is -1.49. The van der Waals surface area contributed by atoms with Gasteiger partial charge >= 0.3 is 0 Å². The lowest BCUT2D eigenvalue weighted by atomic mass is 10.1. The summed E-state index contributed by atoms with van der Waals surface area (Å²) in [6, 6.07) is -0.120. The number of hydrogen-bond donors (Lipinski definition) is 2. The second-order valence-electron chi connectivity index (χ2n) is 5.06. The summed E-state index contributed by atoms with van der Waals surface area (Å²) < 4.78 is 0. The van der Waals surface area contributed by atoms with Gasteiger partial charge in [0.1, 0.15) is 0 Å². The number of aromatic nitrogens is 2. The summed E-state index contributed by atoms with van der Waals surface area (Å²) in [6.45, 7) is 4.51. The minimum absolute atomic E-state index is 0.0337. The molecule has 0 aliphatic heterocycles. The number of carbonyl (C=O) groups excluding carboxylic acids is 1. The van der Waals surface area contributed by atoms with Gasteiger partial charge in [-0.1, -0.05) is 32.6 Å². The number of rotatable bonds is 9. The molecule has 0 spiro atoms. The summed E-state index contributed by atoms with van der Waals surface area (Å²) in [5, 5.41) is 5.98. The smallest absolute Gasteiger partial charge is 0.237 e. The van der Waals surface area contributed by atoms with Gasteiger partial charge in [0.25, 0.3) is 0 Å². The molecule has 5 heteroatoms. The third kappa shape index (κ3) is 6.10. The first-order valence-corrected chi connectivity index (χ1v) is 7.39. The summed E-state index contributed by atoms with van der Waals surface area (Å²) in [6.07, 6.45) is 9.00. The van der Waals surface area contributed by atoms with Gasteiger partial charge in [-0.05, 0) is 20.4 Å². The quantitative estimate of drug-likeness (QED) is 0.678. The van der Waals surface area contributed by atoms with Crippen LogP contribution in [0.15, 0.2) is 12.4 Å². The van der Waals surface area contributed by atoms with Crippen molar-refractivity contribution in [3.8, 4) is 0 Å². The maximum absolute atomic E-state index is 12.1. The van der Waals surface area contributed by atoms with Crippen LogP contribution < -0.4 is 10.6 Å². The number of carbonyl (C=O) groups is 1. The zero-order valence-electron chi connectivity index (χ0n) is 12.8. The zero-order valence-corrected chi connectivity index (χ0v) is 12.8. The third-order valence-electron chi connectivity index (χ3n) is 3.29. The first-order chi connectivity index (χ1) is 9.67. The minimum Gasteiger partial charge on any atom is -0.349 e. The van der Waals surface area contributed by atoms with Crippen LogP contribution in [-0.4, -0.2) is 29.0 Å². The highest BCUT2D eigenvalue weighted by atomic mass is 16.2. The molecule has 1 rings (SSSR count). The fraction of sp³-hybridized carbons (Fsp3) is 0.667. The van der Waals surface area contributed by atoms with Crippen molar-refractivity contribution in [1.82, 2.24) is 20.6 Å². The fourth-order valence-corrected chi connectivity index (χ4v) is 1.99. The highest BCUT2D eigenvalue weighted by Crippen LogP contribution is 2.06. The molecule has 0 fully saturated rings. The molecule has 1 heterocycles. The van der Waals surface area contributed by atoms with E-state index in [0.29, 0.717) is 6.54 Å². The monoisotopic (exact) mass is 278 g/mol. The lowest BCUT2D eigenvalue weighted by Crippen LogP contribution is -2.42. The van der Waals surface area contributed by atoms with Crippen LogP contribution >= 0.6 is 0 Å². The number of nitrogens with one attached hydrogen (secondary N) is 2. The van der Waals surface area contributed by atoms with Gasteiger partial charge in [-0.2, -0.15) is 0 Å². The molecule has 20 heavy (non-hydrogen) atoms. The van der Waals surface area contributed by atoms with E-state index in [-0.39, 0.29) is 11.9 Å². The Labute approximate surface area is 121 Å². The highest BCUT2D eigenvalue weighted by molar-refractivity contribution is 5.81. The summed E-state index contributed by atoms with van der Waals surface area (Å²) in [5.74, 6) is 0.0337. The van der Waals surface area contributed by atoms with Gasteiger partial charge in [0.15, 0.2) is 0 Å². The topological polar surface area (TPSA) is 66.9 Å². The molecule has 1 aromatic heterocycles. The van der Waals surface area contributed by atoms with E-state index in [2.05, 4.69) is 27.5 Å². The number of unbranched alkanes of at least 4 members (excludes halogenated alkanes) is 3. The van der Waals surface area contributed by atoms with Gasteiger partial charge in [0, 0.05) is 6.20 Å². The Kier molecular flexibility index (Phi) is 7.80. The first kappa shape index (κ1) is 16.6. The molecule has 0 bridgehead atoms. The van der Waals surface area contributed by atoms with Crippen molar-refractivity contribution in [2.45, 2.75) is 58.5 Å².